The zero-order valence-corrected chi connectivity index (χ0v) is 13.7. The Morgan fingerprint density at radius 2 is 1.59 bits per heavy atom. The molecule has 0 atom stereocenters. The van der Waals surface area contributed by atoms with E-state index in [9.17, 15) is 0 Å². The third-order valence-corrected chi connectivity index (χ3v) is 4.83. The summed E-state index contributed by atoms with van der Waals surface area (Å²) in [5, 5.41) is 0.801. The Bertz CT molecular complexity index is 523. The molecule has 88 valence electrons. The van der Waals surface area contributed by atoms with Crippen LogP contribution in [0.4, 0.5) is 0 Å². The van der Waals surface area contributed by atoms with E-state index in [1.54, 1.807) is 0 Å². The third kappa shape index (κ3) is 3.53. The number of hydrogen-bond acceptors (Lipinski definition) is 2. The van der Waals surface area contributed by atoms with Gasteiger partial charge in [0.15, 0.2) is 0 Å². The summed E-state index contributed by atoms with van der Waals surface area (Å²) in [5.74, 6) is 0.628. The van der Waals surface area contributed by atoms with Crippen LogP contribution in [0, 0.1) is 3.57 Å². The second kappa shape index (κ2) is 5.82. The fourth-order valence-electron chi connectivity index (χ4n) is 1.30. The second-order valence-corrected chi connectivity index (χ2v) is 6.05. The minimum Gasteiger partial charge on any atom is -0.220 e. The molecule has 0 bridgehead atoms. The topological polar surface area (TPSA) is 25.8 Å². The molecule has 2 aromatic rings. The maximum absolute atomic E-state index is 5.96. The molecule has 2 rings (SSSR count). The molecule has 1 heterocycles. The summed E-state index contributed by atoms with van der Waals surface area (Å²) < 4.78 is 1.73. The summed E-state index contributed by atoms with van der Waals surface area (Å²) in [5.41, 5.74) is 1.11. The Morgan fingerprint density at radius 1 is 1.06 bits per heavy atom. The lowest BCUT2D eigenvalue weighted by molar-refractivity contribution is 0.961. The average Bonchev–Trinajstić information content (AvgIpc) is 2.29. The Balaban J connectivity index is 2.27. The van der Waals surface area contributed by atoms with E-state index < -0.39 is 0 Å². The van der Waals surface area contributed by atoms with Crippen molar-refractivity contribution in [2.24, 2.45) is 0 Å². The summed E-state index contributed by atoms with van der Waals surface area (Å²) in [6, 6.07) is 7.97. The molecule has 1 aromatic heterocycles. The van der Waals surface area contributed by atoms with Crippen LogP contribution >= 0.6 is 61.7 Å². The van der Waals surface area contributed by atoms with Gasteiger partial charge in [-0.25, -0.2) is 9.97 Å². The van der Waals surface area contributed by atoms with Gasteiger partial charge in [0, 0.05) is 10.9 Å². The molecule has 6 heteroatoms. The van der Waals surface area contributed by atoms with Crippen molar-refractivity contribution < 1.29 is 0 Å². The van der Waals surface area contributed by atoms with E-state index in [-0.39, 0.29) is 0 Å². The predicted molar refractivity (Wildman–Crippen MR) is 81.7 cm³/mol. The Morgan fingerprint density at radius 3 is 2.12 bits per heavy atom. The number of benzene rings is 1. The Kier molecular flexibility index (Phi) is 4.63. The lowest BCUT2D eigenvalue weighted by Crippen LogP contribution is -1.99. The highest BCUT2D eigenvalue weighted by Crippen LogP contribution is 2.23. The predicted octanol–water partition coefficient (Wildman–Crippen LogP) is 4.74. The van der Waals surface area contributed by atoms with Gasteiger partial charge in [0.2, 0.25) is 0 Å². The minimum atomic E-state index is 0.401. The average molecular weight is 444 g/mol. The zero-order chi connectivity index (χ0) is 12.4. The first-order chi connectivity index (χ1) is 8.06. The summed E-state index contributed by atoms with van der Waals surface area (Å²) >= 11 is 17.3. The normalized spacial score (nSPS) is 10.6. The molecular weight excluding hydrogens is 438 g/mol. The second-order valence-electron chi connectivity index (χ2n) is 3.34. The van der Waals surface area contributed by atoms with Gasteiger partial charge in [0.25, 0.3) is 0 Å². The summed E-state index contributed by atoms with van der Waals surface area (Å²) in [6.45, 7) is 0. The van der Waals surface area contributed by atoms with Crippen LogP contribution < -0.4 is 0 Å². The molecule has 0 amide bonds. The minimum absolute atomic E-state index is 0.401. The maximum Gasteiger partial charge on any atom is 0.147 e. The van der Waals surface area contributed by atoms with E-state index in [4.69, 9.17) is 23.2 Å². The van der Waals surface area contributed by atoms with Crippen molar-refractivity contribution in [3.05, 3.63) is 54.0 Å². The van der Waals surface area contributed by atoms with Crippen LogP contribution in [0.15, 0.2) is 28.7 Å². The lowest BCUT2D eigenvalue weighted by Gasteiger charge is -2.04. The van der Waals surface area contributed by atoms with E-state index in [2.05, 4.69) is 25.9 Å². The molecule has 0 radical (unpaired) electrons. The first kappa shape index (κ1) is 13.5. The molecule has 0 aliphatic heterocycles. The fourth-order valence-corrected chi connectivity index (χ4v) is 2.23. The van der Waals surface area contributed by atoms with Crippen molar-refractivity contribution in [1.29, 1.82) is 0 Å². The molecule has 2 nitrogen and oxygen atoms in total. The lowest BCUT2D eigenvalue weighted by atomic mass is 10.1. The van der Waals surface area contributed by atoms with E-state index >= 15 is 0 Å². The first-order valence-electron chi connectivity index (χ1n) is 4.68. The number of rotatable bonds is 2. The van der Waals surface area contributed by atoms with Gasteiger partial charge in [-0.3, -0.25) is 0 Å². The molecule has 0 aliphatic carbocycles. The van der Waals surface area contributed by atoms with E-state index in [1.165, 1.54) is 0 Å². The summed E-state index contributed by atoms with van der Waals surface area (Å²) in [6.07, 6.45) is 0.615. The Labute approximate surface area is 131 Å². The van der Waals surface area contributed by atoms with Crippen LogP contribution in [0.2, 0.25) is 10.3 Å². The van der Waals surface area contributed by atoms with Crippen LogP contribution in [0.25, 0.3) is 0 Å². The van der Waals surface area contributed by atoms with Crippen molar-refractivity contribution in [3.8, 4) is 0 Å². The van der Waals surface area contributed by atoms with Crippen LogP contribution in [-0.4, -0.2) is 9.97 Å². The van der Waals surface area contributed by atoms with Gasteiger partial charge in [-0.1, -0.05) is 51.3 Å². The van der Waals surface area contributed by atoms with Gasteiger partial charge >= 0.3 is 0 Å². The number of aromatic nitrogens is 2. The van der Waals surface area contributed by atoms with Gasteiger partial charge in [0.1, 0.15) is 16.1 Å². The smallest absolute Gasteiger partial charge is 0.147 e. The Hall–Kier alpha value is 0.0900. The molecule has 0 unspecified atom stereocenters. The van der Waals surface area contributed by atoms with Crippen molar-refractivity contribution in [2.45, 2.75) is 6.42 Å². The third-order valence-electron chi connectivity index (χ3n) is 2.09. The molecule has 0 saturated carbocycles. The van der Waals surface area contributed by atoms with E-state index in [0.29, 0.717) is 26.1 Å². The van der Waals surface area contributed by atoms with Crippen molar-refractivity contribution in [3.63, 3.8) is 0 Å². The van der Waals surface area contributed by atoms with Crippen LogP contribution in [0.1, 0.15) is 11.4 Å². The first-order valence-corrected chi connectivity index (χ1v) is 7.31. The van der Waals surface area contributed by atoms with Gasteiger partial charge in [-0.2, -0.15) is 0 Å². The monoisotopic (exact) mass is 442 g/mol. The van der Waals surface area contributed by atoms with Gasteiger partial charge in [-0.05, 0) is 40.3 Å². The highest BCUT2D eigenvalue weighted by atomic mass is 127. The molecule has 0 saturated heterocycles. The van der Waals surface area contributed by atoms with Crippen molar-refractivity contribution in [2.75, 3.05) is 0 Å². The summed E-state index contributed by atoms with van der Waals surface area (Å²) in [7, 11) is 0. The maximum atomic E-state index is 5.96. The number of hydrogen-bond donors (Lipinski definition) is 0. The standard InChI is InChI=1S/C11H6BrCl2IN2/c12-7-3-1-6(2-4-7)5-8-16-10(13)9(15)11(14)17-8/h1-4H,5H2. The molecule has 0 spiro atoms. The van der Waals surface area contributed by atoms with Crippen LogP contribution in [0.5, 0.6) is 0 Å². The SMILES string of the molecule is Clc1nc(Cc2ccc(Br)cc2)nc(Cl)c1I. The summed E-state index contributed by atoms with van der Waals surface area (Å²) in [4.78, 5) is 8.40. The van der Waals surface area contributed by atoms with Crippen molar-refractivity contribution >= 4 is 61.7 Å². The molecule has 0 aliphatic rings. The van der Waals surface area contributed by atoms with Gasteiger partial charge < -0.3 is 0 Å². The molecular formula is C11H6BrCl2IN2. The molecule has 1 aromatic carbocycles. The quantitative estimate of drug-likeness (QED) is 0.495. The van der Waals surface area contributed by atoms with Crippen molar-refractivity contribution in [1.82, 2.24) is 9.97 Å². The van der Waals surface area contributed by atoms with E-state index in [1.807, 2.05) is 46.9 Å². The number of nitrogens with zero attached hydrogens (tertiary/aromatic N) is 2. The fraction of sp³-hybridized carbons (Fsp3) is 0.0909. The van der Waals surface area contributed by atoms with Gasteiger partial charge in [0.05, 0.1) is 3.57 Å². The van der Waals surface area contributed by atoms with Crippen LogP contribution in [-0.2, 0) is 6.42 Å². The number of halogens is 4. The zero-order valence-electron chi connectivity index (χ0n) is 8.42. The van der Waals surface area contributed by atoms with Gasteiger partial charge in [-0.15, -0.1) is 0 Å². The molecule has 0 fully saturated rings. The molecule has 17 heavy (non-hydrogen) atoms. The largest absolute Gasteiger partial charge is 0.220 e. The highest BCUT2D eigenvalue weighted by Gasteiger charge is 2.09. The molecule has 0 N–H and O–H groups in total. The van der Waals surface area contributed by atoms with Crippen LogP contribution in [0.3, 0.4) is 0 Å². The van der Waals surface area contributed by atoms with E-state index in [0.717, 1.165) is 10.0 Å². The highest BCUT2D eigenvalue weighted by molar-refractivity contribution is 14.1.